The van der Waals surface area contributed by atoms with Crippen molar-refractivity contribution < 1.29 is 0 Å². The van der Waals surface area contributed by atoms with Crippen molar-refractivity contribution in [1.82, 2.24) is 4.57 Å². The van der Waals surface area contributed by atoms with E-state index in [1.165, 1.54) is 93.6 Å². The van der Waals surface area contributed by atoms with Crippen LogP contribution in [0.25, 0.3) is 28.1 Å². The van der Waals surface area contributed by atoms with Gasteiger partial charge in [-0.3, -0.25) is 0 Å². The van der Waals surface area contributed by atoms with Crippen LogP contribution in [0.2, 0.25) is 0 Å². The molecule has 11 rings (SSSR count). The molecule has 1 aromatic heterocycles. The highest BCUT2D eigenvalue weighted by Crippen LogP contribution is 2.65. The summed E-state index contributed by atoms with van der Waals surface area (Å²) in [4.78, 5) is 4.57. The fourth-order valence-corrected chi connectivity index (χ4v) is 13.6. The number of allylic oxidation sites excluding steroid dienone is 12. The van der Waals surface area contributed by atoms with E-state index in [9.17, 15) is 0 Å². The molecule has 0 saturated carbocycles. The van der Waals surface area contributed by atoms with E-state index in [0.717, 1.165) is 25.7 Å². The average molecular weight is 712 g/mol. The van der Waals surface area contributed by atoms with Crippen LogP contribution in [0.1, 0.15) is 92.6 Å². The molecule has 0 fully saturated rings. The largest absolute Gasteiger partial charge is 0.333 e. The van der Waals surface area contributed by atoms with Gasteiger partial charge in [0.2, 0.25) is 0 Å². The third-order valence-corrected chi connectivity index (χ3v) is 15.7. The number of aryl methyl sites for hydroxylation is 1. The lowest BCUT2D eigenvalue weighted by molar-refractivity contribution is 0.465. The fraction of sp³-hybridized carbons (Fsp3) is 0.306. The van der Waals surface area contributed by atoms with Crippen LogP contribution >= 0.6 is 23.5 Å². The number of hydrogen-bond donors (Lipinski definition) is 0. The second-order valence-electron chi connectivity index (χ2n) is 15.8. The summed E-state index contributed by atoms with van der Waals surface area (Å²) in [6, 6.07) is 24.7. The molecule has 52 heavy (non-hydrogen) atoms. The minimum atomic E-state index is -0.224. The quantitative estimate of drug-likeness (QED) is 0.195. The highest BCUT2D eigenvalue weighted by molar-refractivity contribution is 8.03. The van der Waals surface area contributed by atoms with E-state index in [2.05, 4.69) is 150 Å². The van der Waals surface area contributed by atoms with Crippen LogP contribution in [0, 0.1) is 5.92 Å². The second kappa shape index (κ2) is 12.6. The zero-order chi connectivity index (χ0) is 34.2. The third kappa shape index (κ3) is 4.70. The third-order valence-electron chi connectivity index (χ3n) is 13.1. The van der Waals surface area contributed by atoms with Gasteiger partial charge in [-0.15, -0.1) is 11.8 Å². The number of para-hydroxylation sites is 1. The number of rotatable bonds is 3. The molecule has 1 spiro atoms. The van der Waals surface area contributed by atoms with Crippen molar-refractivity contribution >= 4 is 40.5 Å². The molecule has 5 aliphatic carbocycles. The van der Waals surface area contributed by atoms with Gasteiger partial charge < -0.3 is 4.57 Å². The topological polar surface area (TPSA) is 4.93 Å². The predicted octanol–water partition coefficient (Wildman–Crippen LogP) is 13.6. The SMILES string of the molecule is C1=CCCC(C2CCC3=C(C2)C2(C4=CC=CCC4Sc4ccccc42)c2ccc(-c4cccc5c6c(n(C7C=CCCC7)c45)C=CCC6)cc2S3)=C1. The van der Waals surface area contributed by atoms with E-state index >= 15 is 0 Å². The second-order valence-corrected chi connectivity index (χ2v) is 18.2. The van der Waals surface area contributed by atoms with E-state index in [1.807, 2.05) is 0 Å². The Labute approximate surface area is 317 Å². The number of benzene rings is 3. The Hall–Kier alpha value is -3.92. The van der Waals surface area contributed by atoms with Crippen molar-refractivity contribution in [2.24, 2.45) is 5.92 Å². The van der Waals surface area contributed by atoms with Gasteiger partial charge in [0.25, 0.3) is 0 Å². The molecule has 0 N–H and O–H groups in total. The van der Waals surface area contributed by atoms with Crippen LogP contribution in [0.4, 0.5) is 0 Å². The molecule has 258 valence electrons. The van der Waals surface area contributed by atoms with Gasteiger partial charge in [-0.05, 0) is 133 Å². The maximum Gasteiger partial charge on any atom is 0.0668 e. The van der Waals surface area contributed by atoms with Gasteiger partial charge in [0, 0.05) is 31.7 Å². The van der Waals surface area contributed by atoms with E-state index in [4.69, 9.17) is 0 Å². The molecule has 4 aromatic rings. The highest BCUT2D eigenvalue weighted by atomic mass is 32.2. The van der Waals surface area contributed by atoms with E-state index in [-0.39, 0.29) is 5.41 Å². The molecule has 0 saturated heterocycles. The predicted molar refractivity (Wildman–Crippen MR) is 222 cm³/mol. The molecular weight excluding hydrogens is 667 g/mol. The minimum absolute atomic E-state index is 0.224. The first-order valence-electron chi connectivity index (χ1n) is 19.8. The molecule has 7 aliphatic rings. The fourth-order valence-electron chi connectivity index (χ4n) is 10.9. The van der Waals surface area contributed by atoms with Crippen LogP contribution in [-0.4, -0.2) is 9.82 Å². The van der Waals surface area contributed by atoms with Crippen LogP contribution in [0.15, 0.2) is 147 Å². The van der Waals surface area contributed by atoms with Crippen molar-refractivity contribution in [1.29, 1.82) is 0 Å². The Morgan fingerprint density at radius 2 is 1.69 bits per heavy atom. The minimum Gasteiger partial charge on any atom is -0.333 e. The normalized spacial score (nSPS) is 27.1. The van der Waals surface area contributed by atoms with Gasteiger partial charge in [0.1, 0.15) is 0 Å². The molecule has 1 nitrogen and oxygen atoms in total. The smallest absolute Gasteiger partial charge is 0.0668 e. The van der Waals surface area contributed by atoms with Crippen molar-refractivity contribution in [2.75, 3.05) is 0 Å². The summed E-state index contributed by atoms with van der Waals surface area (Å²) in [7, 11) is 0. The van der Waals surface area contributed by atoms with E-state index < -0.39 is 0 Å². The first-order valence-corrected chi connectivity index (χ1v) is 21.5. The average Bonchev–Trinajstić information content (AvgIpc) is 3.56. The van der Waals surface area contributed by atoms with Gasteiger partial charge in [-0.25, -0.2) is 0 Å². The molecule has 3 aromatic carbocycles. The Morgan fingerprint density at radius 1 is 0.769 bits per heavy atom. The van der Waals surface area contributed by atoms with E-state index in [1.54, 1.807) is 27.2 Å². The van der Waals surface area contributed by atoms with Crippen LogP contribution < -0.4 is 0 Å². The Bertz CT molecular complexity index is 2370. The Balaban J connectivity index is 1.14. The van der Waals surface area contributed by atoms with Crippen molar-refractivity contribution in [3.8, 4) is 11.1 Å². The monoisotopic (exact) mass is 711 g/mol. The summed E-state index contributed by atoms with van der Waals surface area (Å²) in [5.74, 6) is 0.626. The van der Waals surface area contributed by atoms with Gasteiger partial charge in [0.05, 0.1) is 17.0 Å². The standard InChI is InChI=1S/C49H45NS2/c1-3-14-32(15-4-1)33-27-29-46-42(30-33)49(39-21-8-11-24-44(39)51-45-25-12-9-22-40(45)49)41-28-26-34(31-47(41)52-46)36-19-13-20-38-37-18-7-10-23-43(37)50(48(36)38)35-16-5-2-6-17-35/h1,3,5,8-14,16,19-24,26,28,31,33,35,45H,2,4,6-7,15,17-18,25,27,29-30H2. The molecule has 0 amide bonds. The summed E-state index contributed by atoms with van der Waals surface area (Å²) >= 11 is 4.21. The zero-order valence-electron chi connectivity index (χ0n) is 29.8. The molecule has 4 atom stereocenters. The molecule has 4 unspecified atom stereocenters. The van der Waals surface area contributed by atoms with Crippen molar-refractivity contribution in [3.63, 3.8) is 0 Å². The lowest BCUT2D eigenvalue weighted by Crippen LogP contribution is -2.44. The zero-order valence-corrected chi connectivity index (χ0v) is 31.5. The maximum absolute atomic E-state index is 2.72. The van der Waals surface area contributed by atoms with Gasteiger partial charge in [0.15, 0.2) is 0 Å². The molecule has 2 aliphatic heterocycles. The van der Waals surface area contributed by atoms with Crippen LogP contribution in [0.5, 0.6) is 0 Å². The first-order chi connectivity index (χ1) is 25.8. The summed E-state index contributed by atoms with van der Waals surface area (Å²) in [5.41, 5.74) is 14.9. The molecule has 0 radical (unpaired) electrons. The maximum atomic E-state index is 2.72. The van der Waals surface area contributed by atoms with Crippen LogP contribution in [0.3, 0.4) is 0 Å². The van der Waals surface area contributed by atoms with Gasteiger partial charge >= 0.3 is 0 Å². The number of aromatic nitrogens is 1. The molecular formula is C49H45NS2. The molecule has 3 heterocycles. The van der Waals surface area contributed by atoms with Crippen molar-refractivity contribution in [2.45, 2.75) is 97.1 Å². The number of hydrogen-bond acceptors (Lipinski definition) is 2. The summed E-state index contributed by atoms with van der Waals surface area (Å²) < 4.78 is 2.72. The van der Waals surface area contributed by atoms with Crippen molar-refractivity contribution in [3.05, 3.63) is 159 Å². The molecule has 3 heteroatoms. The Morgan fingerprint density at radius 3 is 2.62 bits per heavy atom. The summed E-state index contributed by atoms with van der Waals surface area (Å²) in [6.45, 7) is 0. The lowest BCUT2D eigenvalue weighted by Gasteiger charge is -2.52. The van der Waals surface area contributed by atoms with Gasteiger partial charge in [-0.1, -0.05) is 121 Å². The number of nitrogens with zero attached hydrogens (tertiary/aromatic N) is 1. The first kappa shape index (κ1) is 31.6. The van der Waals surface area contributed by atoms with E-state index in [0.29, 0.717) is 17.2 Å². The Kier molecular flexibility index (Phi) is 7.65. The summed E-state index contributed by atoms with van der Waals surface area (Å²) in [5, 5.41) is 1.91. The number of fused-ring (bicyclic) bond motifs is 10. The molecule has 0 bridgehead atoms. The van der Waals surface area contributed by atoms with Crippen LogP contribution in [-0.2, 0) is 11.8 Å². The lowest BCUT2D eigenvalue weighted by atomic mass is 9.58. The summed E-state index contributed by atoms with van der Waals surface area (Å²) in [6.07, 6.45) is 37.1. The van der Waals surface area contributed by atoms with Gasteiger partial charge in [-0.2, -0.15) is 0 Å². The number of thioether (sulfide) groups is 2. The highest BCUT2D eigenvalue weighted by Gasteiger charge is 2.53.